The van der Waals surface area contributed by atoms with E-state index in [2.05, 4.69) is 10.5 Å². The van der Waals surface area contributed by atoms with Crippen molar-refractivity contribution in [1.82, 2.24) is 15.4 Å². The third-order valence-electron chi connectivity index (χ3n) is 4.54. The van der Waals surface area contributed by atoms with Gasteiger partial charge < -0.3 is 14.7 Å². The van der Waals surface area contributed by atoms with E-state index >= 15 is 0 Å². The molecule has 2 heterocycles. The van der Waals surface area contributed by atoms with E-state index in [1.165, 1.54) is 12.8 Å². The second-order valence-corrected chi connectivity index (χ2v) is 7.37. The average molecular weight is 345 g/mol. The van der Waals surface area contributed by atoms with Crippen molar-refractivity contribution in [3.05, 3.63) is 30.0 Å². The van der Waals surface area contributed by atoms with E-state index in [1.54, 1.807) is 16.7 Å². The molecule has 126 valence electrons. The van der Waals surface area contributed by atoms with E-state index in [0.29, 0.717) is 28.8 Å². The fourth-order valence-electron chi connectivity index (χ4n) is 2.90. The lowest BCUT2D eigenvalue weighted by Crippen LogP contribution is -2.48. The van der Waals surface area contributed by atoms with Gasteiger partial charge in [0.05, 0.1) is 12.3 Å². The molecule has 0 radical (unpaired) electrons. The van der Waals surface area contributed by atoms with Gasteiger partial charge in [0.2, 0.25) is 11.8 Å². The molecule has 2 amide bonds. The fraction of sp³-hybridized carbons (Fsp3) is 0.471. The van der Waals surface area contributed by atoms with Crippen molar-refractivity contribution in [2.75, 3.05) is 18.2 Å². The van der Waals surface area contributed by atoms with Gasteiger partial charge in [0, 0.05) is 17.7 Å². The molecule has 1 aromatic heterocycles. The summed E-state index contributed by atoms with van der Waals surface area (Å²) in [7, 11) is 0. The minimum absolute atomic E-state index is 0.0368. The molecule has 0 spiro atoms. The Kier molecular flexibility index (Phi) is 4.18. The van der Waals surface area contributed by atoms with Gasteiger partial charge in [-0.05, 0) is 30.9 Å². The van der Waals surface area contributed by atoms with E-state index in [0.717, 1.165) is 11.9 Å². The highest BCUT2D eigenvalue weighted by molar-refractivity contribution is 7.99. The number of benzene rings is 1. The van der Waals surface area contributed by atoms with Crippen LogP contribution in [0.25, 0.3) is 11.0 Å². The molecule has 0 unspecified atom stereocenters. The number of fused-ring (bicyclic) bond motifs is 1. The second-order valence-electron chi connectivity index (χ2n) is 6.37. The molecular weight excluding hydrogens is 326 g/mol. The lowest BCUT2D eigenvalue weighted by atomic mass is 10.1. The number of thioether (sulfide) groups is 1. The van der Waals surface area contributed by atoms with Crippen molar-refractivity contribution < 1.29 is 14.1 Å². The van der Waals surface area contributed by atoms with Gasteiger partial charge >= 0.3 is 0 Å². The summed E-state index contributed by atoms with van der Waals surface area (Å²) in [4.78, 5) is 26.7. The standard InChI is InChI=1S/C17H19N3O3S/c21-16(7-13-12-3-1-2-4-15(12)23-19-13)20-10-24-9-14(20)17(22)18-8-11-5-6-11/h1-4,11,14H,5-10H2,(H,18,22)/t14-/m1/s1. The Morgan fingerprint density at radius 1 is 1.33 bits per heavy atom. The Morgan fingerprint density at radius 3 is 3.00 bits per heavy atom. The maximum atomic E-state index is 12.7. The average Bonchev–Trinajstić information content (AvgIpc) is 3.14. The van der Waals surface area contributed by atoms with Gasteiger partial charge in [0.25, 0.3) is 0 Å². The molecule has 1 N–H and O–H groups in total. The molecule has 7 heteroatoms. The third-order valence-corrected chi connectivity index (χ3v) is 5.55. The Labute approximate surface area is 143 Å². The molecule has 1 aliphatic carbocycles. The van der Waals surface area contributed by atoms with E-state index in [4.69, 9.17) is 4.52 Å². The highest BCUT2D eigenvalue weighted by Crippen LogP contribution is 2.28. The number of nitrogens with one attached hydrogen (secondary N) is 1. The van der Waals surface area contributed by atoms with Crippen molar-refractivity contribution in [3.8, 4) is 0 Å². The molecule has 1 aromatic carbocycles. The minimum Gasteiger partial charge on any atom is -0.356 e. The SMILES string of the molecule is O=C(NCC1CC1)[C@H]1CSCN1C(=O)Cc1noc2ccccc12. The van der Waals surface area contributed by atoms with Gasteiger partial charge in [-0.1, -0.05) is 17.3 Å². The number of nitrogens with zero attached hydrogens (tertiary/aromatic N) is 2. The molecular formula is C17H19N3O3S. The van der Waals surface area contributed by atoms with Gasteiger partial charge in [-0.25, -0.2) is 0 Å². The van der Waals surface area contributed by atoms with Gasteiger partial charge in [-0.2, -0.15) is 0 Å². The largest absolute Gasteiger partial charge is 0.356 e. The van der Waals surface area contributed by atoms with Crippen molar-refractivity contribution in [2.45, 2.75) is 25.3 Å². The van der Waals surface area contributed by atoms with Crippen LogP contribution >= 0.6 is 11.8 Å². The quantitative estimate of drug-likeness (QED) is 0.894. The summed E-state index contributed by atoms with van der Waals surface area (Å²) in [5, 5.41) is 7.85. The maximum Gasteiger partial charge on any atom is 0.243 e. The van der Waals surface area contributed by atoms with E-state index in [1.807, 2.05) is 24.3 Å². The molecule has 1 aliphatic heterocycles. The summed E-state index contributed by atoms with van der Waals surface area (Å²) < 4.78 is 5.25. The first-order valence-electron chi connectivity index (χ1n) is 8.20. The highest BCUT2D eigenvalue weighted by atomic mass is 32.2. The maximum absolute atomic E-state index is 12.7. The van der Waals surface area contributed by atoms with Gasteiger partial charge in [0.1, 0.15) is 11.7 Å². The predicted octanol–water partition coefficient (Wildman–Crippen LogP) is 1.80. The molecule has 2 aromatic rings. The Morgan fingerprint density at radius 2 is 2.17 bits per heavy atom. The monoisotopic (exact) mass is 345 g/mol. The molecule has 1 atom stereocenters. The van der Waals surface area contributed by atoms with Crippen LogP contribution in [-0.2, 0) is 16.0 Å². The summed E-state index contributed by atoms with van der Waals surface area (Å²) in [5.74, 6) is 1.72. The minimum atomic E-state index is -0.376. The molecule has 6 nitrogen and oxygen atoms in total. The van der Waals surface area contributed by atoms with Crippen LogP contribution in [0.5, 0.6) is 0 Å². The lowest BCUT2D eigenvalue weighted by Gasteiger charge is -2.22. The molecule has 4 rings (SSSR count). The fourth-order valence-corrected chi connectivity index (χ4v) is 4.08. The first kappa shape index (κ1) is 15.5. The zero-order valence-corrected chi connectivity index (χ0v) is 14.1. The highest BCUT2D eigenvalue weighted by Gasteiger charge is 2.35. The Hall–Kier alpha value is -2.02. The first-order chi connectivity index (χ1) is 11.7. The van der Waals surface area contributed by atoms with Gasteiger partial charge in [-0.15, -0.1) is 11.8 Å². The van der Waals surface area contributed by atoms with Crippen LogP contribution < -0.4 is 5.32 Å². The predicted molar refractivity (Wildman–Crippen MR) is 91.4 cm³/mol. The smallest absolute Gasteiger partial charge is 0.243 e. The first-order valence-corrected chi connectivity index (χ1v) is 9.36. The van der Waals surface area contributed by atoms with Crippen molar-refractivity contribution in [3.63, 3.8) is 0 Å². The normalized spacial score (nSPS) is 20.5. The van der Waals surface area contributed by atoms with Crippen LogP contribution in [0, 0.1) is 5.92 Å². The molecule has 2 aliphatic rings. The molecule has 1 saturated heterocycles. The second kappa shape index (κ2) is 6.47. The summed E-state index contributed by atoms with van der Waals surface area (Å²) in [5.41, 5.74) is 1.31. The zero-order valence-electron chi connectivity index (χ0n) is 13.2. The van der Waals surface area contributed by atoms with Gasteiger partial charge in [-0.3, -0.25) is 9.59 Å². The lowest BCUT2D eigenvalue weighted by molar-refractivity contribution is -0.137. The van der Waals surface area contributed by atoms with Crippen LogP contribution in [0.3, 0.4) is 0 Å². The summed E-state index contributed by atoms with van der Waals surface area (Å²) in [6.07, 6.45) is 2.55. The van der Waals surface area contributed by atoms with E-state index < -0.39 is 0 Å². The van der Waals surface area contributed by atoms with Crippen molar-refractivity contribution >= 4 is 34.5 Å². The van der Waals surface area contributed by atoms with E-state index in [9.17, 15) is 9.59 Å². The molecule has 24 heavy (non-hydrogen) atoms. The van der Waals surface area contributed by atoms with E-state index in [-0.39, 0.29) is 24.3 Å². The molecule has 1 saturated carbocycles. The van der Waals surface area contributed by atoms with Crippen LogP contribution in [0.15, 0.2) is 28.8 Å². The Balaban J connectivity index is 1.43. The number of carbonyl (C=O) groups excluding carboxylic acids is 2. The third kappa shape index (κ3) is 3.13. The number of rotatable bonds is 5. The van der Waals surface area contributed by atoms with Gasteiger partial charge in [0.15, 0.2) is 5.58 Å². The Bertz CT molecular complexity index is 771. The number of para-hydroxylation sites is 1. The zero-order chi connectivity index (χ0) is 16.5. The van der Waals surface area contributed by atoms with Crippen LogP contribution in [0.1, 0.15) is 18.5 Å². The number of amides is 2. The number of hydrogen-bond acceptors (Lipinski definition) is 5. The summed E-state index contributed by atoms with van der Waals surface area (Å²) >= 11 is 1.61. The number of carbonyl (C=O) groups is 2. The molecule has 2 fully saturated rings. The summed E-state index contributed by atoms with van der Waals surface area (Å²) in [6.45, 7) is 0.732. The van der Waals surface area contributed by atoms with Crippen molar-refractivity contribution in [2.24, 2.45) is 5.92 Å². The van der Waals surface area contributed by atoms with Crippen LogP contribution in [0.2, 0.25) is 0 Å². The number of hydrogen-bond donors (Lipinski definition) is 1. The van der Waals surface area contributed by atoms with Crippen molar-refractivity contribution in [1.29, 1.82) is 0 Å². The summed E-state index contributed by atoms with van der Waals surface area (Å²) in [6, 6.07) is 7.12. The van der Waals surface area contributed by atoms with Crippen LogP contribution in [0.4, 0.5) is 0 Å². The number of aromatic nitrogens is 1. The molecule has 0 bridgehead atoms. The topological polar surface area (TPSA) is 75.4 Å². The van der Waals surface area contributed by atoms with Crippen LogP contribution in [-0.4, -0.2) is 46.1 Å².